The fraction of sp³-hybridized carbons (Fsp3) is 0.647. The van der Waals surface area contributed by atoms with E-state index in [-0.39, 0.29) is 6.29 Å². The zero-order valence-corrected chi connectivity index (χ0v) is 11.8. The average Bonchev–Trinajstić information content (AvgIpc) is 2.93. The van der Waals surface area contributed by atoms with Crippen LogP contribution >= 0.6 is 0 Å². The van der Waals surface area contributed by atoms with Crippen LogP contribution in [0.4, 0.5) is 0 Å². The normalized spacial score (nSPS) is 32.6. The molecule has 1 heterocycles. The van der Waals surface area contributed by atoms with Crippen molar-refractivity contribution in [3.63, 3.8) is 0 Å². The minimum absolute atomic E-state index is 0.0165. The van der Waals surface area contributed by atoms with Crippen molar-refractivity contribution in [2.24, 2.45) is 5.92 Å². The van der Waals surface area contributed by atoms with Crippen molar-refractivity contribution < 1.29 is 9.47 Å². The van der Waals surface area contributed by atoms with Crippen LogP contribution in [-0.2, 0) is 9.47 Å². The van der Waals surface area contributed by atoms with Gasteiger partial charge >= 0.3 is 0 Å². The molecule has 1 aliphatic heterocycles. The molecule has 1 saturated carbocycles. The summed E-state index contributed by atoms with van der Waals surface area (Å²) in [6.07, 6.45) is 8.11. The lowest BCUT2D eigenvalue weighted by Gasteiger charge is -2.30. The van der Waals surface area contributed by atoms with E-state index in [4.69, 9.17) is 9.47 Å². The van der Waals surface area contributed by atoms with Gasteiger partial charge in [-0.2, -0.15) is 0 Å². The first kappa shape index (κ1) is 13.1. The predicted octanol–water partition coefficient (Wildman–Crippen LogP) is 4.11. The van der Waals surface area contributed by atoms with Crippen LogP contribution in [0.25, 0.3) is 0 Å². The van der Waals surface area contributed by atoms with Crippen LogP contribution in [0.3, 0.4) is 0 Å². The van der Waals surface area contributed by atoms with Crippen LogP contribution < -0.4 is 0 Å². The maximum Gasteiger partial charge on any atom is 0.158 e. The number of rotatable bonds is 3. The van der Waals surface area contributed by atoms with E-state index in [9.17, 15) is 0 Å². The highest BCUT2D eigenvalue weighted by atomic mass is 16.7. The second-order valence-corrected chi connectivity index (χ2v) is 5.92. The molecule has 1 saturated heterocycles. The molecule has 0 amide bonds. The Balaban J connectivity index is 1.79. The molecule has 2 fully saturated rings. The molecule has 3 atom stereocenters. The smallest absolute Gasteiger partial charge is 0.158 e. The Labute approximate surface area is 116 Å². The highest BCUT2D eigenvalue weighted by Crippen LogP contribution is 2.43. The minimum atomic E-state index is -0.0165. The number of hydrogen-bond acceptors (Lipinski definition) is 2. The lowest BCUT2D eigenvalue weighted by atomic mass is 9.78. The zero-order chi connectivity index (χ0) is 13.1. The summed E-state index contributed by atoms with van der Waals surface area (Å²) in [6.45, 7) is 0. The molecule has 0 bridgehead atoms. The Morgan fingerprint density at radius 2 is 1.79 bits per heavy atom. The van der Waals surface area contributed by atoms with Gasteiger partial charge in [0.1, 0.15) is 0 Å². The first-order valence-corrected chi connectivity index (χ1v) is 7.61. The van der Waals surface area contributed by atoms with Gasteiger partial charge in [-0.25, -0.2) is 0 Å². The molecule has 1 unspecified atom stereocenters. The summed E-state index contributed by atoms with van der Waals surface area (Å²) >= 11 is 0. The predicted molar refractivity (Wildman–Crippen MR) is 76.0 cm³/mol. The maximum absolute atomic E-state index is 6.19. The second kappa shape index (κ2) is 6.06. The molecule has 2 heteroatoms. The van der Waals surface area contributed by atoms with Gasteiger partial charge in [-0.3, -0.25) is 0 Å². The lowest BCUT2D eigenvalue weighted by Crippen LogP contribution is -2.28. The lowest BCUT2D eigenvalue weighted by molar-refractivity contribution is -0.129. The monoisotopic (exact) mass is 260 g/mol. The van der Waals surface area contributed by atoms with Crippen LogP contribution in [0.15, 0.2) is 30.3 Å². The van der Waals surface area contributed by atoms with E-state index in [1.54, 1.807) is 7.11 Å². The van der Waals surface area contributed by atoms with Gasteiger partial charge in [0.2, 0.25) is 0 Å². The third-order valence-corrected chi connectivity index (χ3v) is 4.76. The van der Waals surface area contributed by atoms with Crippen molar-refractivity contribution >= 4 is 0 Å². The summed E-state index contributed by atoms with van der Waals surface area (Å²) in [5, 5.41) is 0. The highest BCUT2D eigenvalue weighted by Gasteiger charge is 2.40. The van der Waals surface area contributed by atoms with Crippen LogP contribution in [-0.4, -0.2) is 19.5 Å². The van der Waals surface area contributed by atoms with Gasteiger partial charge in [0.05, 0.1) is 6.10 Å². The standard InChI is InChI=1S/C17H24O2/c1-18-16-12-15(13-8-4-2-5-9-13)17(19-16)14-10-6-3-7-11-14/h2,4-5,8-9,14-17H,3,6-7,10-12H2,1H3/t15-,16?,17-/m0/s1. The summed E-state index contributed by atoms with van der Waals surface area (Å²) in [7, 11) is 1.76. The number of benzene rings is 1. The molecular weight excluding hydrogens is 236 g/mol. The van der Waals surface area contributed by atoms with Crippen molar-refractivity contribution in [1.29, 1.82) is 0 Å². The Morgan fingerprint density at radius 3 is 2.47 bits per heavy atom. The van der Waals surface area contributed by atoms with Crippen molar-refractivity contribution in [2.45, 2.75) is 56.8 Å². The summed E-state index contributed by atoms with van der Waals surface area (Å²) in [5.41, 5.74) is 1.41. The molecule has 19 heavy (non-hydrogen) atoms. The topological polar surface area (TPSA) is 18.5 Å². The van der Waals surface area contributed by atoms with Gasteiger partial charge < -0.3 is 9.47 Å². The first-order chi connectivity index (χ1) is 9.38. The third kappa shape index (κ3) is 2.85. The van der Waals surface area contributed by atoms with Crippen LogP contribution in [0, 0.1) is 5.92 Å². The quantitative estimate of drug-likeness (QED) is 0.814. The van der Waals surface area contributed by atoms with Crippen molar-refractivity contribution in [2.75, 3.05) is 7.11 Å². The average molecular weight is 260 g/mol. The maximum atomic E-state index is 6.19. The number of methoxy groups -OCH3 is 1. The Bertz CT molecular complexity index is 384. The Morgan fingerprint density at radius 1 is 1.05 bits per heavy atom. The van der Waals surface area contributed by atoms with Crippen molar-refractivity contribution in [3.05, 3.63) is 35.9 Å². The molecule has 3 rings (SSSR count). The molecule has 104 valence electrons. The molecule has 0 aromatic heterocycles. The molecule has 0 spiro atoms. The molecule has 1 aliphatic carbocycles. The fourth-order valence-electron chi connectivity index (χ4n) is 3.75. The van der Waals surface area contributed by atoms with E-state index in [1.165, 1.54) is 37.7 Å². The summed E-state index contributed by atoms with van der Waals surface area (Å²) in [5.74, 6) is 1.23. The van der Waals surface area contributed by atoms with Gasteiger partial charge in [0.15, 0.2) is 6.29 Å². The molecule has 0 N–H and O–H groups in total. The molecule has 1 aromatic carbocycles. The van der Waals surface area contributed by atoms with Gasteiger partial charge in [-0.15, -0.1) is 0 Å². The van der Waals surface area contributed by atoms with E-state index < -0.39 is 0 Å². The molecular formula is C17H24O2. The third-order valence-electron chi connectivity index (χ3n) is 4.76. The van der Waals surface area contributed by atoms with E-state index in [0.717, 1.165) is 12.3 Å². The number of ether oxygens (including phenoxy) is 2. The van der Waals surface area contributed by atoms with Gasteiger partial charge in [-0.05, 0) is 24.3 Å². The highest BCUT2D eigenvalue weighted by molar-refractivity contribution is 5.22. The van der Waals surface area contributed by atoms with Crippen molar-refractivity contribution in [3.8, 4) is 0 Å². The molecule has 0 radical (unpaired) electrons. The van der Waals surface area contributed by atoms with Gasteiger partial charge in [-0.1, -0.05) is 49.6 Å². The van der Waals surface area contributed by atoms with Crippen LogP contribution in [0.1, 0.15) is 50.0 Å². The van der Waals surface area contributed by atoms with Crippen molar-refractivity contribution in [1.82, 2.24) is 0 Å². The van der Waals surface area contributed by atoms with Crippen LogP contribution in [0.5, 0.6) is 0 Å². The van der Waals surface area contributed by atoms with Crippen LogP contribution in [0.2, 0.25) is 0 Å². The minimum Gasteiger partial charge on any atom is -0.356 e. The fourth-order valence-corrected chi connectivity index (χ4v) is 3.75. The largest absolute Gasteiger partial charge is 0.356 e. The van der Waals surface area contributed by atoms with Gasteiger partial charge in [0.25, 0.3) is 0 Å². The van der Waals surface area contributed by atoms with E-state index in [2.05, 4.69) is 30.3 Å². The molecule has 2 aliphatic rings. The summed E-state index contributed by atoms with van der Waals surface area (Å²) < 4.78 is 11.7. The van der Waals surface area contributed by atoms with E-state index >= 15 is 0 Å². The number of hydrogen-bond donors (Lipinski definition) is 0. The first-order valence-electron chi connectivity index (χ1n) is 7.61. The molecule has 2 nitrogen and oxygen atoms in total. The SMILES string of the molecule is COC1C[C@@H](c2ccccc2)[C@H](C2CCCCC2)O1. The zero-order valence-electron chi connectivity index (χ0n) is 11.8. The Kier molecular flexibility index (Phi) is 4.19. The van der Waals surface area contributed by atoms with Gasteiger partial charge in [0, 0.05) is 19.4 Å². The van der Waals surface area contributed by atoms with E-state index in [1.807, 2.05) is 0 Å². The Hall–Kier alpha value is -0.860. The van der Waals surface area contributed by atoms with E-state index in [0.29, 0.717) is 12.0 Å². The summed E-state index contributed by atoms with van der Waals surface area (Å²) in [6, 6.07) is 10.8. The second-order valence-electron chi connectivity index (χ2n) is 5.92. The molecule has 1 aromatic rings. The summed E-state index contributed by atoms with van der Waals surface area (Å²) in [4.78, 5) is 0.